The Morgan fingerprint density at radius 1 is 1.33 bits per heavy atom. The molecule has 0 aromatic heterocycles. The van der Waals surface area contributed by atoms with Gasteiger partial charge in [0.15, 0.2) is 6.10 Å². The maximum Gasteiger partial charge on any atom is 0.305 e. The van der Waals surface area contributed by atoms with Gasteiger partial charge >= 0.3 is 5.97 Å². The lowest BCUT2D eigenvalue weighted by Crippen LogP contribution is -2.56. The minimum atomic E-state index is -0.926. The van der Waals surface area contributed by atoms with Gasteiger partial charge < -0.3 is 19.9 Å². The van der Waals surface area contributed by atoms with Crippen LogP contribution in [0.5, 0.6) is 5.75 Å². The number of carbonyl (C=O) groups is 2. The van der Waals surface area contributed by atoms with Gasteiger partial charge in [-0.05, 0) is 37.8 Å². The minimum absolute atomic E-state index is 0.108. The quantitative estimate of drug-likeness (QED) is 0.798. The molecule has 6 nitrogen and oxygen atoms in total. The van der Waals surface area contributed by atoms with E-state index >= 15 is 0 Å². The number of para-hydroxylation sites is 1. The second-order valence-corrected chi connectivity index (χ2v) is 6.23. The summed E-state index contributed by atoms with van der Waals surface area (Å²) in [6.07, 6.45) is 0.722. The van der Waals surface area contributed by atoms with E-state index in [-0.39, 0.29) is 12.3 Å². The predicted molar refractivity (Wildman–Crippen MR) is 89.1 cm³/mol. The second kappa shape index (κ2) is 8.15. The monoisotopic (exact) mass is 335 g/mol. The standard InChI is InChI=1S/C18H25NO5/c1-3-14(24-15-7-5-4-6-13(15)2)17(22)19-18(12-16(20)21)8-10-23-11-9-18/h4-7,14H,3,8-12H2,1-2H3,(H,19,22)(H,20,21). The van der Waals surface area contributed by atoms with Crippen LogP contribution < -0.4 is 10.1 Å². The van der Waals surface area contributed by atoms with Gasteiger partial charge in [0, 0.05) is 13.2 Å². The highest BCUT2D eigenvalue weighted by atomic mass is 16.5. The highest BCUT2D eigenvalue weighted by molar-refractivity contribution is 5.82. The van der Waals surface area contributed by atoms with Gasteiger partial charge in [0.05, 0.1) is 12.0 Å². The lowest BCUT2D eigenvalue weighted by molar-refractivity contribution is -0.141. The van der Waals surface area contributed by atoms with Crippen molar-refractivity contribution >= 4 is 11.9 Å². The molecular weight excluding hydrogens is 310 g/mol. The Bertz CT molecular complexity index is 581. The fraction of sp³-hybridized carbons (Fsp3) is 0.556. The molecule has 0 radical (unpaired) electrons. The van der Waals surface area contributed by atoms with Crippen LogP contribution in [-0.2, 0) is 14.3 Å². The molecule has 132 valence electrons. The number of amides is 1. The molecule has 24 heavy (non-hydrogen) atoms. The molecule has 0 aliphatic carbocycles. The van der Waals surface area contributed by atoms with Gasteiger partial charge in [-0.15, -0.1) is 0 Å². The summed E-state index contributed by atoms with van der Waals surface area (Å²) in [6.45, 7) is 4.69. The second-order valence-electron chi connectivity index (χ2n) is 6.23. The zero-order valence-corrected chi connectivity index (χ0v) is 14.2. The van der Waals surface area contributed by atoms with Gasteiger partial charge in [-0.2, -0.15) is 0 Å². The Kier molecular flexibility index (Phi) is 6.20. The van der Waals surface area contributed by atoms with Crippen molar-refractivity contribution in [2.24, 2.45) is 0 Å². The van der Waals surface area contributed by atoms with Gasteiger partial charge in [0.2, 0.25) is 0 Å². The predicted octanol–water partition coefficient (Wildman–Crippen LogP) is 2.29. The number of aryl methyl sites for hydroxylation is 1. The molecule has 0 spiro atoms. The Balaban J connectivity index is 2.09. The number of carboxylic acids is 1. The smallest absolute Gasteiger partial charge is 0.305 e. The van der Waals surface area contributed by atoms with E-state index in [1.807, 2.05) is 38.1 Å². The molecule has 0 saturated carbocycles. The molecule has 1 unspecified atom stereocenters. The Morgan fingerprint density at radius 3 is 2.58 bits per heavy atom. The number of carbonyl (C=O) groups excluding carboxylic acids is 1. The summed E-state index contributed by atoms with van der Waals surface area (Å²) in [7, 11) is 0. The van der Waals surface area contributed by atoms with E-state index in [2.05, 4.69) is 5.32 Å². The maximum absolute atomic E-state index is 12.7. The van der Waals surface area contributed by atoms with E-state index in [0.29, 0.717) is 38.2 Å². The van der Waals surface area contributed by atoms with Crippen LogP contribution in [0, 0.1) is 6.92 Å². The number of carboxylic acid groups (broad SMARTS) is 1. The first-order valence-corrected chi connectivity index (χ1v) is 8.29. The Hall–Kier alpha value is -2.08. The third kappa shape index (κ3) is 4.71. The molecule has 2 N–H and O–H groups in total. The molecule has 1 aliphatic rings. The van der Waals surface area contributed by atoms with Gasteiger partial charge in [-0.1, -0.05) is 25.1 Å². The lowest BCUT2D eigenvalue weighted by atomic mass is 9.86. The third-order valence-electron chi connectivity index (χ3n) is 4.35. The number of benzene rings is 1. The normalized spacial score (nSPS) is 17.8. The van der Waals surface area contributed by atoms with Gasteiger partial charge in [-0.25, -0.2) is 0 Å². The average molecular weight is 335 g/mol. The van der Waals surface area contributed by atoms with Crippen LogP contribution in [-0.4, -0.2) is 41.8 Å². The number of nitrogens with one attached hydrogen (secondary N) is 1. The summed E-state index contributed by atoms with van der Waals surface area (Å²) in [5.74, 6) is -0.535. The number of hydrogen-bond acceptors (Lipinski definition) is 4. The van der Waals surface area contributed by atoms with Crippen molar-refractivity contribution in [1.29, 1.82) is 0 Å². The van der Waals surface area contributed by atoms with Crippen LogP contribution in [0.4, 0.5) is 0 Å². The van der Waals surface area contributed by atoms with Crippen LogP contribution >= 0.6 is 0 Å². The molecule has 1 atom stereocenters. The lowest BCUT2D eigenvalue weighted by Gasteiger charge is -2.37. The molecule has 1 aromatic rings. The average Bonchev–Trinajstić information content (AvgIpc) is 2.54. The molecule has 0 bridgehead atoms. The van der Waals surface area contributed by atoms with Crippen LogP contribution in [0.3, 0.4) is 0 Å². The first-order chi connectivity index (χ1) is 11.5. The van der Waals surface area contributed by atoms with Crippen molar-refractivity contribution in [3.8, 4) is 5.75 Å². The molecule has 1 amide bonds. The van der Waals surface area contributed by atoms with Gasteiger partial charge in [-0.3, -0.25) is 9.59 Å². The first-order valence-electron chi connectivity index (χ1n) is 8.29. The Morgan fingerprint density at radius 2 is 2.00 bits per heavy atom. The zero-order valence-electron chi connectivity index (χ0n) is 14.2. The zero-order chi connectivity index (χ0) is 17.6. The van der Waals surface area contributed by atoms with Crippen molar-refractivity contribution < 1.29 is 24.2 Å². The summed E-state index contributed by atoms with van der Waals surface area (Å²) in [4.78, 5) is 23.9. The Labute approximate surface area is 142 Å². The molecule has 1 aromatic carbocycles. The van der Waals surface area contributed by atoms with Crippen LogP contribution in [0.15, 0.2) is 24.3 Å². The van der Waals surface area contributed by atoms with E-state index in [1.54, 1.807) is 0 Å². The molecule has 2 rings (SSSR count). The van der Waals surface area contributed by atoms with Crippen molar-refractivity contribution in [2.45, 2.75) is 51.2 Å². The van der Waals surface area contributed by atoms with Crippen LogP contribution in [0.2, 0.25) is 0 Å². The van der Waals surface area contributed by atoms with Crippen LogP contribution in [0.25, 0.3) is 0 Å². The van der Waals surface area contributed by atoms with Crippen molar-refractivity contribution in [3.63, 3.8) is 0 Å². The van der Waals surface area contributed by atoms with E-state index in [9.17, 15) is 14.7 Å². The number of aliphatic carboxylic acids is 1. The molecule has 1 saturated heterocycles. The van der Waals surface area contributed by atoms with Crippen molar-refractivity contribution in [3.05, 3.63) is 29.8 Å². The minimum Gasteiger partial charge on any atom is -0.481 e. The van der Waals surface area contributed by atoms with E-state index < -0.39 is 17.6 Å². The highest BCUT2D eigenvalue weighted by Crippen LogP contribution is 2.26. The molecule has 6 heteroatoms. The van der Waals surface area contributed by atoms with Crippen molar-refractivity contribution in [1.82, 2.24) is 5.32 Å². The topological polar surface area (TPSA) is 84.9 Å². The maximum atomic E-state index is 12.7. The van der Waals surface area contributed by atoms with Gasteiger partial charge in [0.1, 0.15) is 5.75 Å². The molecule has 1 heterocycles. The fourth-order valence-electron chi connectivity index (χ4n) is 2.90. The highest BCUT2D eigenvalue weighted by Gasteiger charge is 2.38. The largest absolute Gasteiger partial charge is 0.481 e. The summed E-state index contributed by atoms with van der Waals surface area (Å²) < 4.78 is 11.2. The number of rotatable bonds is 7. The molecular formula is C18H25NO5. The third-order valence-corrected chi connectivity index (χ3v) is 4.35. The number of hydrogen-bond donors (Lipinski definition) is 2. The fourth-order valence-corrected chi connectivity index (χ4v) is 2.90. The van der Waals surface area contributed by atoms with E-state index in [0.717, 1.165) is 5.56 Å². The number of ether oxygens (including phenoxy) is 2. The molecule has 1 fully saturated rings. The SMILES string of the molecule is CCC(Oc1ccccc1C)C(=O)NC1(CC(=O)O)CCOCC1. The summed E-state index contributed by atoms with van der Waals surface area (Å²) in [5.41, 5.74) is 0.194. The first kappa shape index (κ1) is 18.3. The summed E-state index contributed by atoms with van der Waals surface area (Å²) in [5, 5.41) is 12.1. The van der Waals surface area contributed by atoms with E-state index in [4.69, 9.17) is 9.47 Å². The van der Waals surface area contributed by atoms with Crippen molar-refractivity contribution in [2.75, 3.05) is 13.2 Å². The summed E-state index contributed by atoms with van der Waals surface area (Å²) in [6, 6.07) is 7.52. The summed E-state index contributed by atoms with van der Waals surface area (Å²) >= 11 is 0. The van der Waals surface area contributed by atoms with E-state index in [1.165, 1.54) is 0 Å². The van der Waals surface area contributed by atoms with Crippen LogP contribution in [0.1, 0.15) is 38.2 Å². The van der Waals surface area contributed by atoms with Gasteiger partial charge in [0.25, 0.3) is 5.91 Å². The molecule has 1 aliphatic heterocycles.